The average molecular weight is 308 g/mol. The second kappa shape index (κ2) is 5.95. The van der Waals surface area contributed by atoms with Gasteiger partial charge >= 0.3 is 5.97 Å². The van der Waals surface area contributed by atoms with E-state index in [0.29, 0.717) is 10.8 Å². The van der Waals surface area contributed by atoms with Crippen LogP contribution in [0.1, 0.15) is 25.7 Å². The number of nitriles is 1. The summed E-state index contributed by atoms with van der Waals surface area (Å²) < 4.78 is 5.58. The second-order valence-electron chi connectivity index (χ2n) is 4.01. The third-order valence-electron chi connectivity index (χ3n) is 2.70. The van der Waals surface area contributed by atoms with Crippen LogP contribution in [0.4, 0.5) is 0 Å². The van der Waals surface area contributed by atoms with E-state index < -0.39 is 5.97 Å². The van der Waals surface area contributed by atoms with Crippen molar-refractivity contribution in [2.24, 2.45) is 0 Å². The highest BCUT2D eigenvalue weighted by atomic mass is 35.5. The molecular formula is C14H10ClNO3S. The number of carbonyl (C=O) groups is 1. The van der Waals surface area contributed by atoms with Gasteiger partial charge < -0.3 is 9.84 Å². The number of thiophene rings is 1. The van der Waals surface area contributed by atoms with Gasteiger partial charge in [-0.05, 0) is 25.1 Å². The van der Waals surface area contributed by atoms with Gasteiger partial charge in [0.15, 0.2) is 0 Å². The summed E-state index contributed by atoms with van der Waals surface area (Å²) in [5, 5.41) is 18.3. The molecule has 0 aliphatic heterocycles. The lowest BCUT2D eigenvalue weighted by molar-refractivity contribution is 0.0702. The molecule has 0 bridgehead atoms. The lowest BCUT2D eigenvalue weighted by atomic mass is 10.2. The Bertz CT molecular complexity index is 703. The van der Waals surface area contributed by atoms with Crippen LogP contribution in [0.2, 0.25) is 5.02 Å². The molecule has 0 fully saturated rings. The Balaban J connectivity index is 2.20. The average Bonchev–Trinajstić information content (AvgIpc) is 2.78. The predicted molar refractivity (Wildman–Crippen MR) is 76.5 cm³/mol. The minimum absolute atomic E-state index is 0.199. The maximum absolute atomic E-state index is 10.9. The molecule has 0 amide bonds. The number of benzene rings is 1. The Hall–Kier alpha value is -2.03. The minimum atomic E-state index is -0.954. The highest BCUT2D eigenvalue weighted by molar-refractivity contribution is 7.14. The van der Waals surface area contributed by atoms with E-state index >= 15 is 0 Å². The van der Waals surface area contributed by atoms with Crippen molar-refractivity contribution in [3.63, 3.8) is 0 Å². The first kappa shape index (κ1) is 14.4. The van der Waals surface area contributed by atoms with Crippen molar-refractivity contribution in [3.8, 4) is 11.8 Å². The molecule has 20 heavy (non-hydrogen) atoms. The van der Waals surface area contributed by atoms with Crippen LogP contribution in [-0.2, 0) is 6.61 Å². The molecule has 0 aliphatic rings. The van der Waals surface area contributed by atoms with Gasteiger partial charge in [0, 0.05) is 10.4 Å². The van der Waals surface area contributed by atoms with Crippen LogP contribution in [0.15, 0.2) is 24.3 Å². The molecule has 0 aliphatic carbocycles. The third-order valence-corrected chi connectivity index (χ3v) is 4.10. The highest BCUT2D eigenvalue weighted by Crippen LogP contribution is 2.28. The fourth-order valence-electron chi connectivity index (χ4n) is 1.66. The van der Waals surface area contributed by atoms with E-state index in [-0.39, 0.29) is 17.0 Å². The molecule has 1 aromatic carbocycles. The molecule has 0 radical (unpaired) electrons. The number of carboxylic acid groups (broad SMARTS) is 1. The molecule has 2 rings (SSSR count). The number of rotatable bonds is 4. The van der Waals surface area contributed by atoms with Gasteiger partial charge in [-0.3, -0.25) is 0 Å². The van der Waals surface area contributed by atoms with Gasteiger partial charge in [-0.2, -0.15) is 5.26 Å². The van der Waals surface area contributed by atoms with Gasteiger partial charge in [-0.25, -0.2) is 4.79 Å². The Labute approximate surface area is 124 Å². The molecule has 0 saturated carbocycles. The molecule has 102 valence electrons. The first-order valence-electron chi connectivity index (χ1n) is 5.67. The van der Waals surface area contributed by atoms with Crippen LogP contribution in [0.5, 0.6) is 5.75 Å². The normalized spacial score (nSPS) is 10.1. The summed E-state index contributed by atoms with van der Waals surface area (Å²) in [6.07, 6.45) is 0. The van der Waals surface area contributed by atoms with E-state index in [0.717, 1.165) is 10.4 Å². The number of aryl methyl sites for hydroxylation is 1. The first-order chi connectivity index (χ1) is 9.52. The smallest absolute Gasteiger partial charge is 0.345 e. The first-order valence-corrected chi connectivity index (χ1v) is 6.86. The molecular weight excluding hydrogens is 298 g/mol. The van der Waals surface area contributed by atoms with Crippen molar-refractivity contribution >= 4 is 28.9 Å². The molecule has 2 aromatic rings. The van der Waals surface area contributed by atoms with Gasteiger partial charge in [0.25, 0.3) is 0 Å². The van der Waals surface area contributed by atoms with Crippen LogP contribution >= 0.6 is 22.9 Å². The van der Waals surface area contributed by atoms with Crippen molar-refractivity contribution in [2.75, 3.05) is 0 Å². The summed E-state index contributed by atoms with van der Waals surface area (Å²) in [5.41, 5.74) is 1.07. The summed E-state index contributed by atoms with van der Waals surface area (Å²) in [4.78, 5) is 12.0. The van der Waals surface area contributed by atoms with E-state index in [2.05, 4.69) is 0 Å². The molecule has 0 atom stereocenters. The molecule has 4 nitrogen and oxygen atoms in total. The Morgan fingerprint density at radius 1 is 1.55 bits per heavy atom. The molecule has 1 heterocycles. The molecule has 0 spiro atoms. The van der Waals surface area contributed by atoms with Crippen LogP contribution < -0.4 is 4.74 Å². The van der Waals surface area contributed by atoms with Gasteiger partial charge in [0.2, 0.25) is 0 Å². The van der Waals surface area contributed by atoms with Crippen molar-refractivity contribution in [1.29, 1.82) is 5.26 Å². The van der Waals surface area contributed by atoms with Crippen LogP contribution in [0.3, 0.4) is 0 Å². The second-order valence-corrected chi connectivity index (χ2v) is 5.67. The lowest BCUT2D eigenvalue weighted by Gasteiger charge is -2.08. The summed E-state index contributed by atoms with van der Waals surface area (Å²) >= 11 is 7.11. The number of nitrogens with zero attached hydrogens (tertiary/aromatic N) is 1. The quantitative estimate of drug-likeness (QED) is 0.931. The van der Waals surface area contributed by atoms with Gasteiger partial charge in [-0.1, -0.05) is 17.7 Å². The predicted octanol–water partition coefficient (Wildman–Crippen LogP) is 3.86. The van der Waals surface area contributed by atoms with E-state index in [1.54, 1.807) is 24.3 Å². The summed E-state index contributed by atoms with van der Waals surface area (Å²) in [7, 11) is 0. The zero-order chi connectivity index (χ0) is 14.7. The molecule has 0 saturated heterocycles. The molecule has 1 N–H and O–H groups in total. The fraction of sp³-hybridized carbons (Fsp3) is 0.143. The summed E-state index contributed by atoms with van der Waals surface area (Å²) in [5.74, 6) is -0.563. The van der Waals surface area contributed by atoms with Crippen molar-refractivity contribution < 1.29 is 14.6 Å². The highest BCUT2D eigenvalue weighted by Gasteiger charge is 2.13. The van der Waals surface area contributed by atoms with Crippen LogP contribution in [0, 0.1) is 18.3 Å². The summed E-state index contributed by atoms with van der Waals surface area (Å²) in [6.45, 7) is 2.03. The number of ether oxygens (including phenoxy) is 1. The van der Waals surface area contributed by atoms with E-state index in [1.165, 1.54) is 11.3 Å². The number of hydrogen-bond donors (Lipinski definition) is 1. The molecule has 1 aromatic heterocycles. The Kier molecular flexibility index (Phi) is 4.28. The van der Waals surface area contributed by atoms with E-state index in [1.807, 2.05) is 13.0 Å². The Morgan fingerprint density at radius 3 is 2.90 bits per heavy atom. The fourth-order valence-corrected chi connectivity index (χ4v) is 2.73. The number of aromatic carboxylic acids is 1. The van der Waals surface area contributed by atoms with Crippen LogP contribution in [-0.4, -0.2) is 11.1 Å². The topological polar surface area (TPSA) is 70.3 Å². The SMILES string of the molecule is Cc1sc(C(=O)O)cc1COc1cccc(Cl)c1C#N. The van der Waals surface area contributed by atoms with Crippen molar-refractivity contribution in [1.82, 2.24) is 0 Å². The number of carboxylic acids is 1. The summed E-state index contributed by atoms with van der Waals surface area (Å²) in [6, 6.07) is 8.54. The largest absolute Gasteiger partial charge is 0.487 e. The Morgan fingerprint density at radius 2 is 2.30 bits per heavy atom. The minimum Gasteiger partial charge on any atom is -0.487 e. The number of hydrogen-bond acceptors (Lipinski definition) is 4. The van der Waals surface area contributed by atoms with Gasteiger partial charge in [0.05, 0.1) is 5.02 Å². The van der Waals surface area contributed by atoms with E-state index in [4.69, 9.17) is 26.7 Å². The zero-order valence-corrected chi connectivity index (χ0v) is 12.1. The van der Waals surface area contributed by atoms with Crippen molar-refractivity contribution in [2.45, 2.75) is 13.5 Å². The monoisotopic (exact) mass is 307 g/mol. The van der Waals surface area contributed by atoms with Gasteiger partial charge in [0.1, 0.15) is 28.9 Å². The molecule has 6 heteroatoms. The maximum Gasteiger partial charge on any atom is 0.345 e. The van der Waals surface area contributed by atoms with Gasteiger partial charge in [-0.15, -0.1) is 11.3 Å². The zero-order valence-electron chi connectivity index (χ0n) is 10.5. The maximum atomic E-state index is 10.9. The van der Waals surface area contributed by atoms with Crippen LogP contribution in [0.25, 0.3) is 0 Å². The third kappa shape index (κ3) is 2.93. The van der Waals surface area contributed by atoms with Crippen molar-refractivity contribution in [3.05, 3.63) is 50.2 Å². The number of halogens is 1. The molecule has 0 unspecified atom stereocenters. The van der Waals surface area contributed by atoms with E-state index in [9.17, 15) is 4.79 Å². The standard InChI is InChI=1S/C14H10ClNO3S/c1-8-9(5-13(20-8)14(17)18)7-19-12-4-2-3-11(15)10(12)6-16/h2-5H,7H2,1H3,(H,17,18). The lowest BCUT2D eigenvalue weighted by Crippen LogP contribution is -1.98.